The van der Waals surface area contributed by atoms with E-state index in [1.54, 1.807) is 31.2 Å². The molecule has 0 spiro atoms. The predicted molar refractivity (Wildman–Crippen MR) is 126 cm³/mol. The first-order valence-electron chi connectivity index (χ1n) is 10.5. The van der Waals surface area contributed by atoms with Crippen molar-refractivity contribution in [1.29, 1.82) is 0 Å². The van der Waals surface area contributed by atoms with Crippen molar-refractivity contribution >= 4 is 40.6 Å². The molecular weight excluding hydrogens is 428 g/mol. The molecule has 1 N–H and O–H groups in total. The van der Waals surface area contributed by atoms with E-state index in [9.17, 15) is 9.59 Å². The number of esters is 1. The Morgan fingerprint density at radius 1 is 1.03 bits per heavy atom. The molecule has 0 aromatic heterocycles. The van der Waals surface area contributed by atoms with Gasteiger partial charge in [-0.3, -0.25) is 4.79 Å². The Labute approximate surface area is 191 Å². The van der Waals surface area contributed by atoms with Gasteiger partial charge in [0.2, 0.25) is 0 Å². The maximum atomic E-state index is 12.4. The summed E-state index contributed by atoms with van der Waals surface area (Å²) in [5, 5.41) is 3.33. The molecule has 0 radical (unpaired) electrons. The summed E-state index contributed by atoms with van der Waals surface area (Å²) in [6.07, 6.45) is 2.73. The number of thioether (sulfide) groups is 1. The zero-order chi connectivity index (χ0) is 22.9. The van der Waals surface area contributed by atoms with Gasteiger partial charge in [-0.25, -0.2) is 9.79 Å². The molecule has 168 valence electrons. The van der Waals surface area contributed by atoms with Crippen molar-refractivity contribution in [3.05, 3.63) is 58.5 Å². The molecule has 32 heavy (non-hydrogen) atoms. The van der Waals surface area contributed by atoms with Crippen LogP contribution in [0.5, 0.6) is 11.5 Å². The van der Waals surface area contributed by atoms with E-state index in [4.69, 9.17) is 14.2 Å². The fourth-order valence-corrected chi connectivity index (χ4v) is 3.74. The molecular formula is C24H26N2O5S. The third-order valence-electron chi connectivity index (χ3n) is 4.44. The van der Waals surface area contributed by atoms with Crippen LogP contribution >= 0.6 is 11.8 Å². The van der Waals surface area contributed by atoms with E-state index in [0.717, 1.165) is 17.7 Å². The molecule has 1 aliphatic rings. The van der Waals surface area contributed by atoms with Crippen LogP contribution in [0.15, 0.2) is 52.4 Å². The van der Waals surface area contributed by atoms with E-state index in [1.807, 2.05) is 31.2 Å². The zero-order valence-electron chi connectivity index (χ0n) is 18.3. The van der Waals surface area contributed by atoms with Crippen LogP contribution in [0, 0.1) is 0 Å². The number of nitrogens with zero attached hydrogens (tertiary/aromatic N) is 1. The molecule has 8 heteroatoms. The Morgan fingerprint density at radius 2 is 1.81 bits per heavy atom. The van der Waals surface area contributed by atoms with Crippen LogP contribution in [0.4, 0.5) is 5.69 Å². The minimum atomic E-state index is -0.448. The van der Waals surface area contributed by atoms with E-state index < -0.39 is 5.97 Å². The second kappa shape index (κ2) is 11.4. The van der Waals surface area contributed by atoms with Crippen LogP contribution < -0.4 is 14.8 Å². The molecule has 7 nitrogen and oxygen atoms in total. The molecule has 3 rings (SSSR count). The number of hydrogen-bond acceptors (Lipinski definition) is 7. The first-order valence-corrected chi connectivity index (χ1v) is 11.3. The van der Waals surface area contributed by atoms with Gasteiger partial charge in [0.25, 0.3) is 5.91 Å². The fourth-order valence-electron chi connectivity index (χ4n) is 2.90. The van der Waals surface area contributed by atoms with Crippen molar-refractivity contribution < 1.29 is 23.8 Å². The number of carbonyl (C=O) groups excluding carboxylic acids is 2. The first-order chi connectivity index (χ1) is 15.5. The maximum absolute atomic E-state index is 12.4. The zero-order valence-corrected chi connectivity index (χ0v) is 19.2. The Hall–Kier alpha value is -3.26. The predicted octanol–water partition coefficient (Wildman–Crippen LogP) is 4.48. The van der Waals surface area contributed by atoms with Gasteiger partial charge in [0.05, 0.1) is 23.8 Å². The van der Waals surface area contributed by atoms with E-state index in [2.05, 4.69) is 17.2 Å². The Kier molecular flexibility index (Phi) is 8.33. The second-order valence-corrected chi connectivity index (χ2v) is 7.77. The molecule has 1 aliphatic heterocycles. The van der Waals surface area contributed by atoms with E-state index in [1.165, 1.54) is 17.3 Å². The molecule has 0 aliphatic carbocycles. The van der Waals surface area contributed by atoms with Gasteiger partial charge >= 0.3 is 5.97 Å². The van der Waals surface area contributed by atoms with Crippen LogP contribution in [-0.4, -0.2) is 36.9 Å². The Balaban J connectivity index is 1.74. The molecule has 0 saturated carbocycles. The number of hydrogen-bond donors (Lipinski definition) is 1. The van der Waals surface area contributed by atoms with Gasteiger partial charge in [0.1, 0.15) is 0 Å². The molecule has 1 amide bonds. The summed E-state index contributed by atoms with van der Waals surface area (Å²) in [5.74, 6) is 0.263. The summed E-state index contributed by atoms with van der Waals surface area (Å²) in [5.41, 5.74) is 2.79. The number of nitrogens with one attached hydrogen (secondary N) is 1. The number of ether oxygens (including phenoxy) is 3. The van der Waals surface area contributed by atoms with Crippen LogP contribution in [0.2, 0.25) is 0 Å². The highest BCUT2D eigenvalue weighted by Crippen LogP contribution is 2.32. The number of benzene rings is 2. The van der Waals surface area contributed by atoms with E-state index in [0.29, 0.717) is 34.8 Å². The van der Waals surface area contributed by atoms with Gasteiger partial charge in [-0.05, 0) is 73.5 Å². The highest BCUT2D eigenvalue weighted by molar-refractivity contribution is 8.18. The van der Waals surface area contributed by atoms with Crippen LogP contribution in [0.1, 0.15) is 31.9 Å². The average Bonchev–Trinajstić information content (AvgIpc) is 3.12. The van der Waals surface area contributed by atoms with Gasteiger partial charge < -0.3 is 19.5 Å². The quantitative estimate of drug-likeness (QED) is 0.444. The Bertz CT molecular complexity index is 1030. The number of amides is 1. The van der Waals surface area contributed by atoms with E-state index in [-0.39, 0.29) is 12.5 Å². The molecule has 1 saturated heterocycles. The lowest BCUT2D eigenvalue weighted by molar-refractivity contribution is -0.145. The SMILES string of the molecule is CCOC(=O)COc1ccc(/C=C2\SC(=Nc3ccc(CC)cc3)NC2=O)cc1OCC. The summed E-state index contributed by atoms with van der Waals surface area (Å²) >= 11 is 1.28. The van der Waals surface area contributed by atoms with Crippen molar-refractivity contribution in [3.8, 4) is 11.5 Å². The molecule has 2 aromatic carbocycles. The monoisotopic (exact) mass is 454 g/mol. The van der Waals surface area contributed by atoms with Gasteiger partial charge in [-0.1, -0.05) is 25.1 Å². The molecule has 1 fully saturated rings. The standard InChI is InChI=1S/C24H26N2O5S/c1-4-16-7-10-18(11-8-16)25-24-26-23(28)21(32-24)14-17-9-12-19(20(13-17)29-5-2)31-15-22(27)30-6-3/h7-14H,4-6,15H2,1-3H3,(H,25,26,28)/b21-14-. The van der Waals surface area contributed by atoms with Crippen LogP contribution in [0.25, 0.3) is 6.08 Å². The number of amidine groups is 1. The number of aryl methyl sites for hydroxylation is 1. The summed E-state index contributed by atoms with van der Waals surface area (Å²) in [7, 11) is 0. The van der Waals surface area contributed by atoms with Crippen molar-refractivity contribution in [2.45, 2.75) is 27.2 Å². The van der Waals surface area contributed by atoms with E-state index >= 15 is 0 Å². The highest BCUT2D eigenvalue weighted by Gasteiger charge is 2.24. The molecule has 0 bridgehead atoms. The lowest BCUT2D eigenvalue weighted by Crippen LogP contribution is -2.19. The van der Waals surface area contributed by atoms with Crippen molar-refractivity contribution in [3.63, 3.8) is 0 Å². The topological polar surface area (TPSA) is 86.2 Å². The summed E-state index contributed by atoms with van der Waals surface area (Å²) in [6, 6.07) is 13.2. The molecule has 0 atom stereocenters. The largest absolute Gasteiger partial charge is 0.490 e. The smallest absolute Gasteiger partial charge is 0.344 e. The first kappa shape index (κ1) is 23.4. The van der Waals surface area contributed by atoms with Crippen LogP contribution in [0.3, 0.4) is 0 Å². The normalized spacial score (nSPS) is 15.7. The third kappa shape index (κ3) is 6.37. The van der Waals surface area contributed by atoms with Crippen molar-refractivity contribution in [2.75, 3.05) is 19.8 Å². The lowest BCUT2D eigenvalue weighted by Gasteiger charge is -2.12. The van der Waals surface area contributed by atoms with Crippen molar-refractivity contribution in [2.24, 2.45) is 4.99 Å². The van der Waals surface area contributed by atoms with Gasteiger partial charge in [-0.15, -0.1) is 0 Å². The van der Waals surface area contributed by atoms with Gasteiger partial charge in [0.15, 0.2) is 23.3 Å². The molecule has 0 unspecified atom stereocenters. The fraction of sp³-hybridized carbons (Fsp3) is 0.292. The van der Waals surface area contributed by atoms with Gasteiger partial charge in [0, 0.05) is 0 Å². The molecule has 2 aromatic rings. The molecule has 1 heterocycles. The number of rotatable bonds is 9. The average molecular weight is 455 g/mol. The third-order valence-corrected chi connectivity index (χ3v) is 5.35. The minimum Gasteiger partial charge on any atom is -0.490 e. The Morgan fingerprint density at radius 3 is 2.50 bits per heavy atom. The summed E-state index contributed by atoms with van der Waals surface area (Å²) in [6.45, 7) is 6.21. The van der Waals surface area contributed by atoms with Crippen LogP contribution in [-0.2, 0) is 20.7 Å². The maximum Gasteiger partial charge on any atom is 0.344 e. The minimum absolute atomic E-state index is 0.203. The summed E-state index contributed by atoms with van der Waals surface area (Å²) < 4.78 is 16.0. The second-order valence-electron chi connectivity index (χ2n) is 6.73. The highest BCUT2D eigenvalue weighted by atomic mass is 32.2. The lowest BCUT2D eigenvalue weighted by atomic mass is 10.2. The number of carbonyl (C=O) groups is 2. The number of aliphatic imine (C=N–C) groups is 1. The van der Waals surface area contributed by atoms with Crippen molar-refractivity contribution in [1.82, 2.24) is 5.32 Å². The summed E-state index contributed by atoms with van der Waals surface area (Å²) in [4.78, 5) is 29.0. The van der Waals surface area contributed by atoms with Gasteiger partial charge in [-0.2, -0.15) is 0 Å².